The highest BCUT2D eigenvalue weighted by molar-refractivity contribution is 6.04. The monoisotopic (exact) mass is 276 g/mol. The van der Waals surface area contributed by atoms with E-state index in [0.29, 0.717) is 5.82 Å². The van der Waals surface area contributed by atoms with E-state index in [-0.39, 0.29) is 5.91 Å². The van der Waals surface area contributed by atoms with Crippen LogP contribution in [-0.2, 0) is 0 Å². The first-order valence-electron chi connectivity index (χ1n) is 6.63. The first-order chi connectivity index (χ1) is 10.3. The molecule has 0 saturated heterocycles. The number of H-pyrrole nitrogens is 2. The van der Waals surface area contributed by atoms with Gasteiger partial charge in [0, 0.05) is 22.8 Å². The highest BCUT2D eigenvalue weighted by Gasteiger charge is 2.11. The predicted octanol–water partition coefficient (Wildman–Crippen LogP) is 3.30. The average Bonchev–Trinajstić information content (AvgIpc) is 3.13. The van der Waals surface area contributed by atoms with Gasteiger partial charge in [0.15, 0.2) is 5.82 Å². The van der Waals surface area contributed by atoms with Crippen LogP contribution in [0.15, 0.2) is 54.7 Å². The fraction of sp³-hybridized carbons (Fsp3) is 0. The number of carbonyl (C=O) groups excluding carboxylic acids is 1. The molecular formula is C16H12N4O. The molecule has 4 rings (SSSR count). The standard InChI is InChI=1S/C16H12N4O/c21-16(15-19-13-3-1-2-4-14(13)20-15)18-11-5-6-12-10(9-11)7-8-17-12/h1-9,17H,(H,18,21)(H,19,20). The Morgan fingerprint density at radius 2 is 1.95 bits per heavy atom. The summed E-state index contributed by atoms with van der Waals surface area (Å²) in [6.07, 6.45) is 1.87. The van der Waals surface area contributed by atoms with Crippen molar-refractivity contribution in [3.05, 3.63) is 60.6 Å². The van der Waals surface area contributed by atoms with E-state index in [2.05, 4.69) is 20.3 Å². The van der Waals surface area contributed by atoms with Crippen LogP contribution in [0, 0.1) is 0 Å². The lowest BCUT2D eigenvalue weighted by atomic mass is 10.2. The van der Waals surface area contributed by atoms with Gasteiger partial charge in [-0.1, -0.05) is 12.1 Å². The van der Waals surface area contributed by atoms with E-state index < -0.39 is 0 Å². The van der Waals surface area contributed by atoms with Gasteiger partial charge in [0.25, 0.3) is 5.91 Å². The number of fused-ring (bicyclic) bond motifs is 2. The molecule has 21 heavy (non-hydrogen) atoms. The van der Waals surface area contributed by atoms with E-state index in [1.807, 2.05) is 54.7 Å². The SMILES string of the molecule is O=C(Nc1ccc2[nH]ccc2c1)c1nc2ccccc2[nH]1. The van der Waals surface area contributed by atoms with Crippen LogP contribution in [0.25, 0.3) is 21.9 Å². The summed E-state index contributed by atoms with van der Waals surface area (Å²) in [6.45, 7) is 0. The number of aromatic nitrogens is 3. The Morgan fingerprint density at radius 1 is 1.05 bits per heavy atom. The molecule has 0 aliphatic carbocycles. The molecule has 2 heterocycles. The van der Waals surface area contributed by atoms with E-state index in [1.165, 1.54) is 0 Å². The van der Waals surface area contributed by atoms with Gasteiger partial charge < -0.3 is 15.3 Å². The lowest BCUT2D eigenvalue weighted by Gasteiger charge is -2.03. The Balaban J connectivity index is 1.64. The van der Waals surface area contributed by atoms with Crippen molar-refractivity contribution in [3.63, 3.8) is 0 Å². The minimum absolute atomic E-state index is 0.249. The molecule has 0 saturated carbocycles. The predicted molar refractivity (Wildman–Crippen MR) is 82.3 cm³/mol. The number of anilines is 1. The fourth-order valence-corrected chi connectivity index (χ4v) is 2.38. The van der Waals surface area contributed by atoms with Crippen LogP contribution in [0.2, 0.25) is 0 Å². The van der Waals surface area contributed by atoms with Gasteiger partial charge in [-0.05, 0) is 36.4 Å². The highest BCUT2D eigenvalue weighted by atomic mass is 16.2. The van der Waals surface area contributed by atoms with Gasteiger partial charge in [0.2, 0.25) is 0 Å². The summed E-state index contributed by atoms with van der Waals surface area (Å²) in [5.41, 5.74) is 3.41. The second-order valence-corrected chi connectivity index (χ2v) is 4.84. The molecule has 0 bridgehead atoms. The first kappa shape index (κ1) is 11.7. The van der Waals surface area contributed by atoms with E-state index >= 15 is 0 Å². The summed E-state index contributed by atoms with van der Waals surface area (Å²) in [7, 11) is 0. The van der Waals surface area contributed by atoms with Crippen molar-refractivity contribution in [1.82, 2.24) is 15.0 Å². The summed E-state index contributed by atoms with van der Waals surface area (Å²) >= 11 is 0. The van der Waals surface area contributed by atoms with Gasteiger partial charge in [-0.15, -0.1) is 0 Å². The molecule has 0 aliphatic rings. The molecule has 0 aliphatic heterocycles. The van der Waals surface area contributed by atoms with Crippen LogP contribution in [0.1, 0.15) is 10.6 Å². The van der Waals surface area contributed by atoms with Crippen LogP contribution in [0.3, 0.4) is 0 Å². The lowest BCUT2D eigenvalue weighted by molar-refractivity contribution is 0.101. The normalized spacial score (nSPS) is 11.0. The van der Waals surface area contributed by atoms with Gasteiger partial charge in [-0.25, -0.2) is 4.98 Å². The number of imidazole rings is 1. The molecule has 2 aromatic carbocycles. The summed E-state index contributed by atoms with van der Waals surface area (Å²) in [5.74, 6) is 0.0615. The number of hydrogen-bond acceptors (Lipinski definition) is 2. The molecule has 0 radical (unpaired) electrons. The second kappa shape index (κ2) is 4.49. The zero-order valence-electron chi connectivity index (χ0n) is 11.1. The summed E-state index contributed by atoms with van der Waals surface area (Å²) in [5, 5.41) is 3.91. The Bertz CT molecular complexity index is 918. The largest absolute Gasteiger partial charge is 0.361 e. The van der Waals surface area contributed by atoms with E-state index in [9.17, 15) is 4.79 Å². The van der Waals surface area contributed by atoms with Crippen LogP contribution in [0.5, 0.6) is 0 Å². The molecular weight excluding hydrogens is 264 g/mol. The quantitative estimate of drug-likeness (QED) is 0.525. The summed E-state index contributed by atoms with van der Waals surface area (Å²) < 4.78 is 0. The molecule has 0 atom stereocenters. The molecule has 5 heteroatoms. The molecule has 4 aromatic rings. The third-order valence-corrected chi connectivity index (χ3v) is 3.42. The van der Waals surface area contributed by atoms with Crippen LogP contribution < -0.4 is 5.32 Å². The Morgan fingerprint density at radius 3 is 2.86 bits per heavy atom. The number of nitrogens with one attached hydrogen (secondary N) is 3. The van der Waals surface area contributed by atoms with Crippen molar-refractivity contribution >= 4 is 33.5 Å². The Labute approximate surface area is 120 Å². The minimum Gasteiger partial charge on any atom is -0.361 e. The van der Waals surface area contributed by atoms with Gasteiger partial charge in [0.1, 0.15) is 0 Å². The van der Waals surface area contributed by atoms with E-state index in [1.54, 1.807) is 0 Å². The number of aromatic amines is 2. The smallest absolute Gasteiger partial charge is 0.291 e. The average molecular weight is 276 g/mol. The van der Waals surface area contributed by atoms with E-state index in [0.717, 1.165) is 27.6 Å². The van der Waals surface area contributed by atoms with Gasteiger partial charge >= 0.3 is 0 Å². The first-order valence-corrected chi connectivity index (χ1v) is 6.63. The van der Waals surface area contributed by atoms with Gasteiger partial charge in [-0.3, -0.25) is 4.79 Å². The molecule has 0 unspecified atom stereocenters. The highest BCUT2D eigenvalue weighted by Crippen LogP contribution is 2.18. The third kappa shape index (κ3) is 2.04. The summed E-state index contributed by atoms with van der Waals surface area (Å²) in [6, 6.07) is 15.2. The molecule has 0 spiro atoms. The Kier molecular flexibility index (Phi) is 2.50. The molecule has 102 valence electrons. The minimum atomic E-state index is -0.249. The topological polar surface area (TPSA) is 73.6 Å². The van der Waals surface area contributed by atoms with Gasteiger partial charge in [-0.2, -0.15) is 0 Å². The Hall–Kier alpha value is -3.08. The number of benzene rings is 2. The number of para-hydroxylation sites is 2. The van der Waals surface area contributed by atoms with Crippen LogP contribution in [0.4, 0.5) is 5.69 Å². The van der Waals surface area contributed by atoms with Crippen LogP contribution >= 0.6 is 0 Å². The van der Waals surface area contributed by atoms with E-state index in [4.69, 9.17) is 0 Å². The van der Waals surface area contributed by atoms with Crippen LogP contribution in [-0.4, -0.2) is 20.9 Å². The zero-order chi connectivity index (χ0) is 14.2. The van der Waals surface area contributed by atoms with Crippen molar-refractivity contribution < 1.29 is 4.79 Å². The molecule has 1 amide bonds. The molecule has 5 nitrogen and oxygen atoms in total. The fourth-order valence-electron chi connectivity index (χ4n) is 2.38. The molecule has 0 fully saturated rings. The third-order valence-electron chi connectivity index (χ3n) is 3.42. The maximum absolute atomic E-state index is 12.2. The molecule has 2 aromatic heterocycles. The number of carbonyl (C=O) groups is 1. The molecule has 3 N–H and O–H groups in total. The maximum atomic E-state index is 12.2. The van der Waals surface area contributed by atoms with Crippen molar-refractivity contribution in [2.45, 2.75) is 0 Å². The number of amides is 1. The van der Waals surface area contributed by atoms with Crippen molar-refractivity contribution in [2.75, 3.05) is 5.32 Å². The number of rotatable bonds is 2. The number of hydrogen-bond donors (Lipinski definition) is 3. The maximum Gasteiger partial charge on any atom is 0.291 e. The van der Waals surface area contributed by atoms with Crippen molar-refractivity contribution in [2.24, 2.45) is 0 Å². The van der Waals surface area contributed by atoms with Gasteiger partial charge in [0.05, 0.1) is 11.0 Å². The zero-order valence-corrected chi connectivity index (χ0v) is 11.1. The van der Waals surface area contributed by atoms with Crippen molar-refractivity contribution in [3.8, 4) is 0 Å². The lowest BCUT2D eigenvalue weighted by Crippen LogP contribution is -2.13. The van der Waals surface area contributed by atoms with Crippen molar-refractivity contribution in [1.29, 1.82) is 0 Å². The summed E-state index contributed by atoms with van der Waals surface area (Å²) in [4.78, 5) is 22.7. The second-order valence-electron chi connectivity index (χ2n) is 4.84. The number of nitrogens with zero attached hydrogens (tertiary/aromatic N) is 1.